The summed E-state index contributed by atoms with van der Waals surface area (Å²) < 4.78 is 0. The van der Waals surface area contributed by atoms with Crippen LogP contribution in [0.25, 0.3) is 0 Å². The summed E-state index contributed by atoms with van der Waals surface area (Å²) in [6, 6.07) is -1.29. The van der Waals surface area contributed by atoms with Gasteiger partial charge >= 0.3 is 12.1 Å². The quantitative estimate of drug-likeness (QED) is 0.215. The average molecular weight is 260 g/mol. The van der Waals surface area contributed by atoms with Gasteiger partial charge < -0.3 is 11.5 Å². The predicted octanol–water partition coefficient (Wildman–Crippen LogP) is -0.308. The van der Waals surface area contributed by atoms with Gasteiger partial charge in [0.25, 0.3) is 0 Å². The molecule has 0 aromatic rings. The van der Waals surface area contributed by atoms with Crippen LogP contribution in [0, 0.1) is 5.41 Å². The van der Waals surface area contributed by atoms with E-state index < -0.39 is 12.1 Å². The number of unbranched alkanes of at least 4 members (excludes halogenated alkanes) is 1. The summed E-state index contributed by atoms with van der Waals surface area (Å²) in [5.74, 6) is 10.8. The SMILES string of the molecule is CC(C)(CCCCN(N)C(N)=O)CN(N)C(N)=O. The first kappa shape index (κ1) is 16.5. The summed E-state index contributed by atoms with van der Waals surface area (Å²) in [7, 11) is 0. The number of nitrogens with two attached hydrogens (primary N) is 4. The van der Waals surface area contributed by atoms with E-state index in [1.165, 1.54) is 0 Å². The Kier molecular flexibility index (Phi) is 6.42. The highest BCUT2D eigenvalue weighted by Gasteiger charge is 2.21. The van der Waals surface area contributed by atoms with Crippen molar-refractivity contribution >= 4 is 12.1 Å². The van der Waals surface area contributed by atoms with E-state index in [0.29, 0.717) is 13.1 Å². The summed E-state index contributed by atoms with van der Waals surface area (Å²) in [4.78, 5) is 21.5. The molecule has 4 amide bonds. The molecule has 0 heterocycles. The largest absolute Gasteiger partial charge is 0.350 e. The first-order valence-electron chi connectivity index (χ1n) is 5.79. The summed E-state index contributed by atoms with van der Waals surface area (Å²) >= 11 is 0. The van der Waals surface area contributed by atoms with Crippen molar-refractivity contribution in [2.75, 3.05) is 13.1 Å². The van der Waals surface area contributed by atoms with Crippen molar-refractivity contribution in [2.45, 2.75) is 33.1 Å². The number of primary amides is 2. The number of hydrogen-bond donors (Lipinski definition) is 4. The normalized spacial score (nSPS) is 11.1. The number of rotatable bonds is 7. The third-order valence-electron chi connectivity index (χ3n) is 2.67. The third kappa shape index (κ3) is 6.92. The van der Waals surface area contributed by atoms with Crippen LogP contribution >= 0.6 is 0 Å². The third-order valence-corrected chi connectivity index (χ3v) is 2.67. The molecule has 0 aromatic heterocycles. The van der Waals surface area contributed by atoms with Crippen molar-refractivity contribution in [3.63, 3.8) is 0 Å². The molecule has 0 atom stereocenters. The van der Waals surface area contributed by atoms with Gasteiger partial charge in [-0.1, -0.05) is 20.3 Å². The van der Waals surface area contributed by atoms with Crippen LogP contribution in [0.1, 0.15) is 33.1 Å². The molecular formula is C10H24N6O2. The molecular weight excluding hydrogens is 236 g/mol. The minimum absolute atomic E-state index is 0.143. The molecule has 8 nitrogen and oxygen atoms in total. The van der Waals surface area contributed by atoms with Crippen LogP contribution < -0.4 is 23.2 Å². The van der Waals surface area contributed by atoms with Crippen molar-refractivity contribution < 1.29 is 9.59 Å². The van der Waals surface area contributed by atoms with Crippen LogP contribution in [0.15, 0.2) is 0 Å². The standard InChI is InChI=1S/C10H24N6O2/c1-10(2,7-16(14)9(12)18)5-3-4-6-15(13)8(11)17/h3-7,13-14H2,1-2H3,(H2,11,17)(H2,12,18). The molecule has 0 unspecified atom stereocenters. The van der Waals surface area contributed by atoms with Crippen LogP contribution in [0.5, 0.6) is 0 Å². The number of hydrogen-bond acceptors (Lipinski definition) is 4. The van der Waals surface area contributed by atoms with Gasteiger partial charge in [0.2, 0.25) is 0 Å². The molecule has 0 saturated carbocycles. The summed E-state index contributed by atoms with van der Waals surface area (Å²) in [5.41, 5.74) is 9.91. The minimum Gasteiger partial charge on any atom is -0.350 e. The highest BCUT2D eigenvalue weighted by Crippen LogP contribution is 2.23. The lowest BCUT2D eigenvalue weighted by Crippen LogP contribution is -2.46. The second-order valence-corrected chi connectivity index (χ2v) is 5.12. The van der Waals surface area contributed by atoms with Crippen LogP contribution in [-0.4, -0.2) is 35.2 Å². The maximum Gasteiger partial charge on any atom is 0.328 e. The average Bonchev–Trinajstić information content (AvgIpc) is 2.23. The molecule has 0 aromatic carbocycles. The maximum absolute atomic E-state index is 10.8. The Bertz CT molecular complexity index is 294. The van der Waals surface area contributed by atoms with E-state index in [1.807, 2.05) is 13.8 Å². The van der Waals surface area contributed by atoms with Crippen LogP contribution in [0.2, 0.25) is 0 Å². The van der Waals surface area contributed by atoms with Gasteiger partial charge in [0.15, 0.2) is 0 Å². The molecule has 8 N–H and O–H groups in total. The first-order chi connectivity index (χ1) is 8.15. The first-order valence-corrected chi connectivity index (χ1v) is 5.79. The predicted molar refractivity (Wildman–Crippen MR) is 68.6 cm³/mol. The Hall–Kier alpha value is -1.54. The van der Waals surface area contributed by atoms with E-state index in [9.17, 15) is 9.59 Å². The molecule has 0 radical (unpaired) electrons. The topological polar surface area (TPSA) is 145 Å². The Morgan fingerprint density at radius 1 is 1.00 bits per heavy atom. The highest BCUT2D eigenvalue weighted by atomic mass is 16.2. The number of carbonyl (C=O) groups is 2. The van der Waals surface area contributed by atoms with Crippen LogP contribution in [-0.2, 0) is 0 Å². The van der Waals surface area contributed by atoms with E-state index in [4.69, 9.17) is 23.2 Å². The second kappa shape index (κ2) is 7.02. The van der Waals surface area contributed by atoms with Gasteiger partial charge in [-0.2, -0.15) is 0 Å². The van der Waals surface area contributed by atoms with Crippen LogP contribution in [0.3, 0.4) is 0 Å². The van der Waals surface area contributed by atoms with Crippen molar-refractivity contribution in [2.24, 2.45) is 28.6 Å². The molecule has 0 saturated heterocycles. The zero-order chi connectivity index (χ0) is 14.3. The number of hydrazine groups is 2. The molecule has 0 aliphatic heterocycles. The Labute approximate surface area is 107 Å². The Morgan fingerprint density at radius 2 is 1.50 bits per heavy atom. The lowest BCUT2D eigenvalue weighted by atomic mass is 9.87. The van der Waals surface area contributed by atoms with Gasteiger partial charge in [0.1, 0.15) is 0 Å². The van der Waals surface area contributed by atoms with Gasteiger partial charge in [-0.3, -0.25) is 10.0 Å². The highest BCUT2D eigenvalue weighted by molar-refractivity contribution is 5.71. The molecule has 106 valence electrons. The van der Waals surface area contributed by atoms with E-state index >= 15 is 0 Å². The Morgan fingerprint density at radius 3 is 1.94 bits per heavy atom. The van der Waals surface area contributed by atoms with Gasteiger partial charge in [0, 0.05) is 13.1 Å². The van der Waals surface area contributed by atoms with Gasteiger partial charge in [0.05, 0.1) is 0 Å². The molecule has 8 heteroatoms. The molecule has 0 aliphatic carbocycles. The lowest BCUT2D eigenvalue weighted by Gasteiger charge is -2.29. The maximum atomic E-state index is 10.8. The number of nitrogens with zero attached hydrogens (tertiary/aromatic N) is 2. The Balaban J connectivity index is 3.90. The fraction of sp³-hybridized carbons (Fsp3) is 0.800. The summed E-state index contributed by atoms with van der Waals surface area (Å²) in [5, 5.41) is 1.98. The van der Waals surface area contributed by atoms with Crippen LogP contribution in [0.4, 0.5) is 9.59 Å². The van der Waals surface area contributed by atoms with Crippen molar-refractivity contribution in [1.29, 1.82) is 0 Å². The number of urea groups is 2. The minimum atomic E-state index is -0.648. The summed E-state index contributed by atoms with van der Waals surface area (Å²) in [6.45, 7) is 4.77. The van der Waals surface area contributed by atoms with Gasteiger partial charge in [-0.05, 0) is 18.3 Å². The van der Waals surface area contributed by atoms with E-state index in [0.717, 1.165) is 29.3 Å². The van der Waals surface area contributed by atoms with Crippen molar-refractivity contribution in [3.05, 3.63) is 0 Å². The molecule has 18 heavy (non-hydrogen) atoms. The van der Waals surface area contributed by atoms with E-state index in [-0.39, 0.29) is 5.41 Å². The number of amides is 4. The van der Waals surface area contributed by atoms with E-state index in [1.54, 1.807) is 0 Å². The van der Waals surface area contributed by atoms with Crippen molar-refractivity contribution in [3.8, 4) is 0 Å². The molecule has 0 fully saturated rings. The smallest absolute Gasteiger partial charge is 0.328 e. The molecule has 0 rings (SSSR count). The zero-order valence-corrected chi connectivity index (χ0v) is 11.1. The van der Waals surface area contributed by atoms with E-state index in [2.05, 4.69) is 0 Å². The fourth-order valence-corrected chi connectivity index (χ4v) is 1.61. The van der Waals surface area contributed by atoms with Crippen molar-refractivity contribution in [1.82, 2.24) is 10.0 Å². The fourth-order valence-electron chi connectivity index (χ4n) is 1.61. The monoisotopic (exact) mass is 260 g/mol. The second-order valence-electron chi connectivity index (χ2n) is 5.12. The lowest BCUT2D eigenvalue weighted by molar-refractivity contribution is 0.168. The number of carbonyl (C=O) groups excluding carboxylic acids is 2. The van der Waals surface area contributed by atoms with Gasteiger partial charge in [-0.25, -0.2) is 21.3 Å². The molecule has 0 bridgehead atoms. The molecule has 0 spiro atoms. The summed E-state index contributed by atoms with van der Waals surface area (Å²) in [6.07, 6.45) is 2.42. The molecule has 0 aliphatic rings. The van der Waals surface area contributed by atoms with Gasteiger partial charge in [-0.15, -0.1) is 0 Å². The zero-order valence-electron chi connectivity index (χ0n) is 11.1.